The van der Waals surface area contributed by atoms with Crippen LogP contribution in [0.3, 0.4) is 0 Å². The van der Waals surface area contributed by atoms with E-state index in [-0.39, 0.29) is 0 Å². The lowest BCUT2D eigenvalue weighted by Gasteiger charge is -2.05. The predicted molar refractivity (Wildman–Crippen MR) is 85.3 cm³/mol. The highest BCUT2D eigenvalue weighted by molar-refractivity contribution is 7.19. The fraction of sp³-hybridized carbons (Fsp3) is 0.0625. The van der Waals surface area contributed by atoms with Crippen molar-refractivity contribution in [1.29, 1.82) is 5.26 Å². The van der Waals surface area contributed by atoms with Crippen LogP contribution in [-0.4, -0.2) is 0 Å². The molecule has 3 aromatic rings. The molecule has 0 aliphatic carbocycles. The number of hydrogen-bond donors (Lipinski definition) is 1. The molecule has 0 saturated carbocycles. The van der Waals surface area contributed by atoms with Crippen LogP contribution in [0.4, 0.5) is 5.69 Å². The van der Waals surface area contributed by atoms with Crippen LogP contribution in [0, 0.1) is 11.3 Å². The standard InChI is InChI=1S/C16H11ClN2S/c17-16-13-6-1-2-7-14(13)20-15(16)10-19-12-5-3-4-11(8-12)9-18/h1-8,19H,10H2. The van der Waals surface area contributed by atoms with Crippen molar-refractivity contribution in [2.45, 2.75) is 6.54 Å². The van der Waals surface area contributed by atoms with Gasteiger partial charge in [-0.1, -0.05) is 35.9 Å². The quantitative estimate of drug-likeness (QED) is 0.735. The largest absolute Gasteiger partial charge is 0.380 e. The first-order valence-corrected chi connectivity index (χ1v) is 7.37. The minimum absolute atomic E-state index is 0.650. The van der Waals surface area contributed by atoms with Gasteiger partial charge in [0.15, 0.2) is 0 Å². The molecule has 3 rings (SSSR count). The van der Waals surface area contributed by atoms with Crippen molar-refractivity contribution in [2.24, 2.45) is 0 Å². The fourth-order valence-corrected chi connectivity index (χ4v) is 3.50. The van der Waals surface area contributed by atoms with Crippen molar-refractivity contribution in [1.82, 2.24) is 0 Å². The highest BCUT2D eigenvalue weighted by Crippen LogP contribution is 2.35. The summed E-state index contributed by atoms with van der Waals surface area (Å²) in [5.41, 5.74) is 1.58. The Bertz CT molecular complexity index is 802. The molecule has 0 spiro atoms. The highest BCUT2D eigenvalue weighted by Gasteiger charge is 2.09. The van der Waals surface area contributed by atoms with Gasteiger partial charge in [0.1, 0.15) is 0 Å². The van der Waals surface area contributed by atoms with E-state index in [2.05, 4.69) is 17.5 Å². The van der Waals surface area contributed by atoms with Crippen LogP contribution in [0.2, 0.25) is 5.02 Å². The minimum atomic E-state index is 0.650. The second kappa shape index (κ2) is 5.54. The lowest BCUT2D eigenvalue weighted by Crippen LogP contribution is -1.97. The van der Waals surface area contributed by atoms with Crippen molar-refractivity contribution in [3.63, 3.8) is 0 Å². The molecule has 98 valence electrons. The smallest absolute Gasteiger partial charge is 0.0992 e. The number of anilines is 1. The van der Waals surface area contributed by atoms with Gasteiger partial charge in [0.05, 0.1) is 23.2 Å². The Morgan fingerprint density at radius 3 is 2.80 bits per heavy atom. The summed E-state index contributed by atoms with van der Waals surface area (Å²) in [5, 5.41) is 14.1. The number of rotatable bonds is 3. The number of hydrogen-bond acceptors (Lipinski definition) is 3. The summed E-state index contributed by atoms with van der Waals surface area (Å²) in [7, 11) is 0. The van der Waals surface area contributed by atoms with E-state index in [1.807, 2.05) is 36.4 Å². The van der Waals surface area contributed by atoms with Crippen LogP contribution >= 0.6 is 22.9 Å². The van der Waals surface area contributed by atoms with E-state index < -0.39 is 0 Å². The highest BCUT2D eigenvalue weighted by atomic mass is 35.5. The van der Waals surface area contributed by atoms with Gasteiger partial charge in [0.25, 0.3) is 0 Å². The lowest BCUT2D eigenvalue weighted by molar-refractivity contribution is 1.19. The van der Waals surface area contributed by atoms with Crippen molar-refractivity contribution >= 4 is 38.7 Å². The Kier molecular flexibility index (Phi) is 3.60. The summed E-state index contributed by atoms with van der Waals surface area (Å²) in [6, 6.07) is 17.7. The molecule has 0 bridgehead atoms. The third-order valence-electron chi connectivity index (χ3n) is 3.05. The van der Waals surface area contributed by atoms with Crippen molar-refractivity contribution < 1.29 is 0 Å². The first-order chi connectivity index (χ1) is 9.78. The van der Waals surface area contributed by atoms with Gasteiger partial charge in [-0.25, -0.2) is 0 Å². The summed E-state index contributed by atoms with van der Waals surface area (Å²) in [5.74, 6) is 0. The van der Waals surface area contributed by atoms with Gasteiger partial charge in [-0.05, 0) is 24.3 Å². The Labute approximate surface area is 126 Å². The molecule has 2 nitrogen and oxygen atoms in total. The Morgan fingerprint density at radius 1 is 1.15 bits per heavy atom. The lowest BCUT2D eigenvalue weighted by atomic mass is 10.2. The van der Waals surface area contributed by atoms with E-state index >= 15 is 0 Å². The fourth-order valence-electron chi connectivity index (χ4n) is 2.06. The van der Waals surface area contributed by atoms with Gasteiger partial charge >= 0.3 is 0 Å². The minimum Gasteiger partial charge on any atom is -0.380 e. The van der Waals surface area contributed by atoms with Crippen molar-refractivity contribution in [3.8, 4) is 6.07 Å². The molecule has 1 N–H and O–H groups in total. The zero-order chi connectivity index (χ0) is 13.9. The number of nitrogens with zero attached hydrogens (tertiary/aromatic N) is 1. The van der Waals surface area contributed by atoms with Gasteiger partial charge < -0.3 is 5.32 Å². The van der Waals surface area contributed by atoms with Gasteiger partial charge in [-0.15, -0.1) is 11.3 Å². The van der Waals surface area contributed by atoms with Crippen LogP contribution in [0.15, 0.2) is 48.5 Å². The average Bonchev–Trinajstić information content (AvgIpc) is 2.82. The molecule has 0 fully saturated rings. The summed E-state index contributed by atoms with van der Waals surface area (Å²) in [6.07, 6.45) is 0. The number of nitriles is 1. The SMILES string of the molecule is N#Cc1cccc(NCc2sc3ccccc3c2Cl)c1. The predicted octanol–water partition coefficient (Wildman–Crippen LogP) is 5.04. The second-order valence-corrected chi connectivity index (χ2v) is 5.90. The Hall–Kier alpha value is -2.02. The molecule has 2 aromatic carbocycles. The third kappa shape index (κ3) is 2.49. The number of fused-ring (bicyclic) bond motifs is 1. The maximum absolute atomic E-state index is 8.89. The Balaban J connectivity index is 1.83. The molecular formula is C16H11ClN2S. The number of thiophene rings is 1. The van der Waals surface area contributed by atoms with E-state index in [1.54, 1.807) is 17.4 Å². The Morgan fingerprint density at radius 2 is 2.00 bits per heavy atom. The van der Waals surface area contributed by atoms with E-state index in [1.165, 1.54) is 4.70 Å². The molecule has 0 aliphatic heterocycles. The molecule has 0 aliphatic rings. The third-order valence-corrected chi connectivity index (χ3v) is 4.76. The van der Waals surface area contributed by atoms with Crippen LogP contribution in [-0.2, 0) is 6.54 Å². The first-order valence-electron chi connectivity index (χ1n) is 6.18. The topological polar surface area (TPSA) is 35.8 Å². The van der Waals surface area contributed by atoms with E-state index in [9.17, 15) is 0 Å². The molecule has 1 aromatic heterocycles. The molecule has 20 heavy (non-hydrogen) atoms. The van der Waals surface area contributed by atoms with E-state index in [0.717, 1.165) is 21.0 Å². The normalized spacial score (nSPS) is 10.4. The maximum Gasteiger partial charge on any atom is 0.0992 e. The van der Waals surface area contributed by atoms with Crippen molar-refractivity contribution in [2.75, 3.05) is 5.32 Å². The second-order valence-electron chi connectivity index (χ2n) is 4.38. The molecular weight excluding hydrogens is 288 g/mol. The molecule has 0 atom stereocenters. The molecule has 0 radical (unpaired) electrons. The zero-order valence-electron chi connectivity index (χ0n) is 10.6. The first kappa shape index (κ1) is 13.0. The number of benzene rings is 2. The van der Waals surface area contributed by atoms with Crippen molar-refractivity contribution in [3.05, 3.63) is 64.0 Å². The van der Waals surface area contributed by atoms with Crippen LogP contribution < -0.4 is 5.32 Å². The molecule has 0 saturated heterocycles. The molecule has 1 heterocycles. The summed E-state index contributed by atoms with van der Waals surface area (Å²) < 4.78 is 1.19. The maximum atomic E-state index is 8.89. The monoisotopic (exact) mass is 298 g/mol. The number of nitrogens with one attached hydrogen (secondary N) is 1. The van der Waals surface area contributed by atoms with Gasteiger partial charge in [0.2, 0.25) is 0 Å². The summed E-state index contributed by atoms with van der Waals surface area (Å²) in [4.78, 5) is 1.11. The van der Waals surface area contributed by atoms with Gasteiger partial charge in [0, 0.05) is 20.7 Å². The van der Waals surface area contributed by atoms with E-state index in [4.69, 9.17) is 16.9 Å². The van der Waals surface area contributed by atoms with Crippen LogP contribution in [0.5, 0.6) is 0 Å². The van der Waals surface area contributed by atoms with Crippen LogP contribution in [0.25, 0.3) is 10.1 Å². The summed E-state index contributed by atoms with van der Waals surface area (Å²) in [6.45, 7) is 0.660. The summed E-state index contributed by atoms with van der Waals surface area (Å²) >= 11 is 8.09. The number of halogens is 1. The molecule has 0 unspecified atom stereocenters. The average molecular weight is 299 g/mol. The molecule has 4 heteroatoms. The van der Waals surface area contributed by atoms with Crippen LogP contribution in [0.1, 0.15) is 10.4 Å². The van der Waals surface area contributed by atoms with Gasteiger partial charge in [-0.3, -0.25) is 0 Å². The van der Waals surface area contributed by atoms with Gasteiger partial charge in [-0.2, -0.15) is 5.26 Å². The van der Waals surface area contributed by atoms with E-state index in [0.29, 0.717) is 12.1 Å². The zero-order valence-corrected chi connectivity index (χ0v) is 12.1. The molecule has 0 amide bonds.